The molecule has 0 bridgehead atoms. The standard InChI is InChI=1S/C5H11O9P.Ca/c6-1-2(7)3(8)4(9)5(10)14-15(11,12)13;/h2-4,6-9H,1H2,(H2,11,12,13);/q;+2/p-2/t2-,3-,4-;/m1./s1. The Bertz CT molecular complexity index is 265. The van der Waals surface area contributed by atoms with Crippen molar-refractivity contribution in [3.05, 3.63) is 0 Å². The van der Waals surface area contributed by atoms with E-state index in [2.05, 4.69) is 4.52 Å². The molecule has 16 heavy (non-hydrogen) atoms. The van der Waals surface area contributed by atoms with Crippen LogP contribution < -0.4 is 9.79 Å². The van der Waals surface area contributed by atoms with Crippen LogP contribution in [0, 0.1) is 0 Å². The van der Waals surface area contributed by atoms with E-state index in [9.17, 15) is 19.1 Å². The normalized spacial score (nSPS) is 16.9. The number of carbonyl (C=O) groups is 1. The van der Waals surface area contributed by atoms with Crippen molar-refractivity contribution in [1.82, 2.24) is 0 Å². The van der Waals surface area contributed by atoms with Gasteiger partial charge in [-0.05, 0) is 0 Å². The van der Waals surface area contributed by atoms with E-state index in [4.69, 9.17) is 20.4 Å². The zero-order chi connectivity index (χ0) is 12.2. The van der Waals surface area contributed by atoms with E-state index in [0.29, 0.717) is 0 Å². The first kappa shape index (κ1) is 19.1. The minimum atomic E-state index is -5.62. The maximum absolute atomic E-state index is 10.6. The number of rotatable bonds is 5. The molecule has 0 aromatic heterocycles. The van der Waals surface area contributed by atoms with Crippen LogP contribution in [0.1, 0.15) is 0 Å². The number of carbonyl (C=O) groups excluding carboxylic acids is 1. The molecular formula is C5H9CaO9P. The van der Waals surface area contributed by atoms with Crippen LogP contribution in [-0.2, 0) is 13.9 Å². The smallest absolute Gasteiger partial charge is 0.780 e. The summed E-state index contributed by atoms with van der Waals surface area (Å²) in [5.41, 5.74) is 0. The predicted octanol–water partition coefficient (Wildman–Crippen LogP) is -4.95. The van der Waals surface area contributed by atoms with Crippen molar-refractivity contribution in [3.63, 3.8) is 0 Å². The zero-order valence-electron chi connectivity index (χ0n) is 7.92. The van der Waals surface area contributed by atoms with Gasteiger partial charge in [0.15, 0.2) is 6.10 Å². The van der Waals surface area contributed by atoms with Gasteiger partial charge in [-0.15, -0.1) is 0 Å². The van der Waals surface area contributed by atoms with Gasteiger partial charge in [0, 0.05) is 0 Å². The molecule has 3 atom stereocenters. The van der Waals surface area contributed by atoms with Crippen LogP contribution in [0.3, 0.4) is 0 Å². The molecule has 11 heteroatoms. The maximum atomic E-state index is 10.6. The van der Waals surface area contributed by atoms with Crippen LogP contribution >= 0.6 is 7.82 Å². The summed E-state index contributed by atoms with van der Waals surface area (Å²) >= 11 is 0. The Morgan fingerprint density at radius 2 is 1.75 bits per heavy atom. The zero-order valence-corrected chi connectivity index (χ0v) is 11.0. The fourth-order valence-corrected chi connectivity index (χ4v) is 0.950. The molecule has 90 valence electrons. The summed E-state index contributed by atoms with van der Waals surface area (Å²) in [4.78, 5) is 30.5. The summed E-state index contributed by atoms with van der Waals surface area (Å²) in [6.07, 6.45) is -6.47. The summed E-state index contributed by atoms with van der Waals surface area (Å²) in [6, 6.07) is 0. The fraction of sp³-hybridized carbons (Fsp3) is 0.800. The molecule has 0 fully saturated rings. The van der Waals surface area contributed by atoms with E-state index >= 15 is 0 Å². The molecule has 0 aliphatic carbocycles. The van der Waals surface area contributed by atoms with Crippen LogP contribution in [0.5, 0.6) is 0 Å². The number of aliphatic hydroxyl groups is 4. The van der Waals surface area contributed by atoms with Gasteiger partial charge < -0.3 is 39.3 Å². The van der Waals surface area contributed by atoms with Crippen molar-refractivity contribution < 1.29 is 44.1 Å². The van der Waals surface area contributed by atoms with Crippen LogP contribution in [0.2, 0.25) is 0 Å². The molecule has 0 aliphatic rings. The summed E-state index contributed by atoms with van der Waals surface area (Å²) in [7, 11) is -5.62. The van der Waals surface area contributed by atoms with E-state index in [1.807, 2.05) is 0 Å². The first-order chi connectivity index (χ1) is 6.69. The Hall–Kier alpha value is 0.720. The van der Waals surface area contributed by atoms with Crippen molar-refractivity contribution in [2.24, 2.45) is 0 Å². The second-order valence-corrected chi connectivity index (χ2v) is 3.62. The van der Waals surface area contributed by atoms with Gasteiger partial charge in [-0.25, -0.2) is 4.79 Å². The average molecular weight is 284 g/mol. The van der Waals surface area contributed by atoms with Crippen molar-refractivity contribution >= 4 is 51.5 Å². The Morgan fingerprint density at radius 1 is 1.31 bits per heavy atom. The van der Waals surface area contributed by atoms with Crippen LogP contribution in [-0.4, -0.2) is 89.1 Å². The predicted molar refractivity (Wildman–Crippen MR) is 44.6 cm³/mol. The summed E-state index contributed by atoms with van der Waals surface area (Å²) in [5.74, 6) is -1.93. The van der Waals surface area contributed by atoms with Gasteiger partial charge in [-0.1, -0.05) is 0 Å². The molecule has 0 rings (SSSR count). The minimum absolute atomic E-state index is 0. The first-order valence-corrected chi connectivity index (χ1v) is 5.05. The Labute approximate surface area is 120 Å². The molecule has 0 spiro atoms. The van der Waals surface area contributed by atoms with Gasteiger partial charge in [-0.2, -0.15) is 0 Å². The molecule has 0 aliphatic heterocycles. The molecule has 0 aromatic rings. The van der Waals surface area contributed by atoms with E-state index < -0.39 is 38.7 Å². The third-order valence-corrected chi connectivity index (χ3v) is 1.75. The topological polar surface area (TPSA) is 170 Å². The minimum Gasteiger partial charge on any atom is -0.780 e. The van der Waals surface area contributed by atoms with Crippen molar-refractivity contribution in [1.29, 1.82) is 0 Å². The molecule has 0 saturated carbocycles. The Morgan fingerprint density at radius 3 is 2.06 bits per heavy atom. The monoisotopic (exact) mass is 284 g/mol. The van der Waals surface area contributed by atoms with Crippen LogP contribution in [0.4, 0.5) is 0 Å². The van der Waals surface area contributed by atoms with Crippen LogP contribution in [0.15, 0.2) is 0 Å². The van der Waals surface area contributed by atoms with Gasteiger partial charge in [0.2, 0.25) is 0 Å². The number of hydrogen-bond acceptors (Lipinski definition) is 9. The molecule has 0 saturated heterocycles. The summed E-state index contributed by atoms with van der Waals surface area (Å²) in [6.45, 7) is -0.974. The molecule has 0 amide bonds. The molecule has 9 nitrogen and oxygen atoms in total. The molecule has 0 radical (unpaired) electrons. The second-order valence-electron chi connectivity index (χ2n) is 2.54. The van der Waals surface area contributed by atoms with Crippen molar-refractivity contribution in [2.75, 3.05) is 6.61 Å². The Kier molecular flexibility index (Phi) is 9.46. The average Bonchev–Trinajstić information content (AvgIpc) is 2.11. The quantitative estimate of drug-likeness (QED) is 0.285. The van der Waals surface area contributed by atoms with Gasteiger partial charge in [0.1, 0.15) is 20.0 Å². The van der Waals surface area contributed by atoms with E-state index in [1.165, 1.54) is 0 Å². The molecular weight excluding hydrogens is 275 g/mol. The van der Waals surface area contributed by atoms with Gasteiger partial charge >= 0.3 is 43.7 Å². The van der Waals surface area contributed by atoms with Gasteiger partial charge in [0.05, 0.1) is 6.61 Å². The fourth-order valence-electron chi connectivity index (χ4n) is 0.622. The van der Waals surface area contributed by atoms with Crippen molar-refractivity contribution in [3.8, 4) is 0 Å². The molecule has 4 N–H and O–H groups in total. The Balaban J connectivity index is 0. The number of aliphatic hydroxyl groups excluding tert-OH is 4. The molecule has 0 heterocycles. The summed E-state index contributed by atoms with van der Waals surface area (Å²) < 4.78 is 13.2. The van der Waals surface area contributed by atoms with Gasteiger partial charge in [-0.3, -0.25) is 0 Å². The second kappa shape index (κ2) is 7.93. The van der Waals surface area contributed by atoms with E-state index in [1.54, 1.807) is 0 Å². The first-order valence-electron chi connectivity index (χ1n) is 3.59. The maximum Gasteiger partial charge on any atom is 2.00 e. The van der Waals surface area contributed by atoms with Crippen LogP contribution in [0.25, 0.3) is 0 Å². The van der Waals surface area contributed by atoms with E-state index in [0.717, 1.165) is 0 Å². The third-order valence-electron chi connectivity index (χ3n) is 1.35. The number of hydrogen-bond donors (Lipinski definition) is 4. The number of phosphoric ester groups is 1. The summed E-state index contributed by atoms with van der Waals surface area (Å²) in [5, 5.41) is 34.8. The number of phosphoric acid groups is 1. The largest absolute Gasteiger partial charge is 2.00 e. The molecule has 0 unspecified atom stereocenters. The van der Waals surface area contributed by atoms with Gasteiger partial charge in [0.25, 0.3) is 0 Å². The third kappa shape index (κ3) is 7.13. The van der Waals surface area contributed by atoms with E-state index in [-0.39, 0.29) is 37.7 Å². The van der Waals surface area contributed by atoms with Crippen molar-refractivity contribution in [2.45, 2.75) is 18.3 Å². The molecule has 0 aromatic carbocycles. The SMILES string of the molecule is O=C(OP(=O)([O-])[O-])[C@H](O)[C@H](O)[C@H](O)CO.[Ca+2].